The van der Waals surface area contributed by atoms with Crippen LogP contribution in [0.2, 0.25) is 0 Å². The van der Waals surface area contributed by atoms with Crippen LogP contribution in [0.25, 0.3) is 6.08 Å². The molecule has 1 aromatic rings. The standard InChI is InChI=1S/C16H15NO4S2/c1-3-8-21-12-7-5-4-6-11(12)9-13-14(18)17(16(22)23-13)10(2)15(19)20/h3-7,9-10H,1,8H2,2H3,(H,19,20)/b13-9+. The molecule has 5 nitrogen and oxygen atoms in total. The molecule has 0 saturated carbocycles. The second-order valence-corrected chi connectivity index (χ2v) is 6.38. The van der Waals surface area contributed by atoms with Gasteiger partial charge in [0.1, 0.15) is 22.7 Å². The Labute approximate surface area is 143 Å². The summed E-state index contributed by atoms with van der Waals surface area (Å²) in [5.41, 5.74) is 0.720. The van der Waals surface area contributed by atoms with Gasteiger partial charge in [0.2, 0.25) is 0 Å². The van der Waals surface area contributed by atoms with Crippen molar-refractivity contribution < 1.29 is 19.4 Å². The van der Waals surface area contributed by atoms with Crippen LogP contribution in [-0.4, -0.2) is 38.9 Å². The summed E-state index contributed by atoms with van der Waals surface area (Å²) < 4.78 is 5.78. The Morgan fingerprint density at radius 1 is 1.52 bits per heavy atom. The zero-order valence-corrected chi connectivity index (χ0v) is 14.0. The molecule has 1 saturated heterocycles. The third-order valence-electron chi connectivity index (χ3n) is 3.13. The van der Waals surface area contributed by atoms with Crippen LogP contribution in [-0.2, 0) is 9.59 Å². The second-order valence-electron chi connectivity index (χ2n) is 4.70. The Hall–Kier alpha value is -2.12. The maximum absolute atomic E-state index is 12.4. The fourth-order valence-electron chi connectivity index (χ4n) is 1.95. The molecule has 1 amide bonds. The summed E-state index contributed by atoms with van der Waals surface area (Å²) in [5.74, 6) is -0.894. The Balaban J connectivity index is 2.31. The molecule has 120 valence electrons. The summed E-state index contributed by atoms with van der Waals surface area (Å²) in [5, 5.41) is 9.08. The van der Waals surface area contributed by atoms with Gasteiger partial charge in [-0.1, -0.05) is 54.8 Å². The second kappa shape index (κ2) is 7.43. The van der Waals surface area contributed by atoms with Crippen molar-refractivity contribution in [2.24, 2.45) is 0 Å². The SMILES string of the molecule is C=CCOc1ccccc1/C=C1/SC(=S)N(C(C)C(=O)O)C1=O. The normalized spacial score (nSPS) is 17.4. The Bertz CT molecular complexity index is 699. The highest BCUT2D eigenvalue weighted by Crippen LogP contribution is 2.35. The number of amides is 1. The zero-order valence-electron chi connectivity index (χ0n) is 12.4. The maximum atomic E-state index is 12.4. The van der Waals surface area contributed by atoms with Gasteiger partial charge in [0.05, 0.1) is 4.91 Å². The number of benzene rings is 1. The lowest BCUT2D eigenvalue weighted by Crippen LogP contribution is -2.41. The first-order chi connectivity index (χ1) is 11.0. The van der Waals surface area contributed by atoms with Gasteiger partial charge in [0.15, 0.2) is 0 Å². The molecule has 1 N–H and O–H groups in total. The Kier molecular flexibility index (Phi) is 5.57. The van der Waals surface area contributed by atoms with Crippen LogP contribution in [0.5, 0.6) is 5.75 Å². The van der Waals surface area contributed by atoms with E-state index in [-0.39, 0.29) is 4.32 Å². The van der Waals surface area contributed by atoms with E-state index in [4.69, 9.17) is 22.1 Å². The minimum absolute atomic E-state index is 0.237. The summed E-state index contributed by atoms with van der Waals surface area (Å²) in [6, 6.07) is 6.25. The molecule has 1 aliphatic rings. The number of thioether (sulfide) groups is 1. The molecule has 1 atom stereocenters. The molecule has 1 aromatic carbocycles. The molecule has 1 unspecified atom stereocenters. The highest BCUT2D eigenvalue weighted by atomic mass is 32.2. The van der Waals surface area contributed by atoms with E-state index in [0.717, 1.165) is 22.2 Å². The molecule has 0 radical (unpaired) electrons. The topological polar surface area (TPSA) is 66.8 Å². The molecule has 1 fully saturated rings. The van der Waals surface area contributed by atoms with E-state index in [9.17, 15) is 9.59 Å². The molecule has 23 heavy (non-hydrogen) atoms. The third-order valence-corrected chi connectivity index (χ3v) is 4.46. The maximum Gasteiger partial charge on any atom is 0.326 e. The molecule has 2 rings (SSSR count). The highest BCUT2D eigenvalue weighted by molar-refractivity contribution is 8.26. The molecule has 0 bridgehead atoms. The molecule has 0 aromatic heterocycles. The van der Waals surface area contributed by atoms with E-state index in [2.05, 4.69) is 6.58 Å². The Morgan fingerprint density at radius 3 is 2.87 bits per heavy atom. The number of carboxylic acid groups (broad SMARTS) is 1. The van der Waals surface area contributed by atoms with E-state index in [1.54, 1.807) is 18.2 Å². The van der Waals surface area contributed by atoms with Crippen molar-refractivity contribution in [3.05, 3.63) is 47.4 Å². The number of ether oxygens (including phenoxy) is 1. The van der Waals surface area contributed by atoms with Gasteiger partial charge in [-0.15, -0.1) is 0 Å². The van der Waals surface area contributed by atoms with Gasteiger partial charge < -0.3 is 9.84 Å². The van der Waals surface area contributed by atoms with Crippen LogP contribution in [0.4, 0.5) is 0 Å². The minimum atomic E-state index is -1.10. The smallest absolute Gasteiger partial charge is 0.326 e. The minimum Gasteiger partial charge on any atom is -0.489 e. The lowest BCUT2D eigenvalue weighted by Gasteiger charge is -2.18. The average molecular weight is 349 g/mol. The summed E-state index contributed by atoms with van der Waals surface area (Å²) in [4.78, 5) is 25.0. The summed E-state index contributed by atoms with van der Waals surface area (Å²) in [6.07, 6.45) is 3.29. The number of rotatable bonds is 6. The molecular weight excluding hydrogens is 334 g/mol. The van der Waals surface area contributed by atoms with Crippen LogP contribution in [0.3, 0.4) is 0 Å². The first-order valence-corrected chi connectivity index (χ1v) is 8.00. The van der Waals surface area contributed by atoms with Crippen LogP contribution in [0.15, 0.2) is 41.8 Å². The summed E-state index contributed by atoms with van der Waals surface area (Å²) >= 11 is 6.21. The van der Waals surface area contributed by atoms with E-state index < -0.39 is 17.9 Å². The van der Waals surface area contributed by atoms with Crippen molar-refractivity contribution in [2.75, 3.05) is 6.61 Å². The first-order valence-electron chi connectivity index (χ1n) is 6.78. The number of nitrogens with zero attached hydrogens (tertiary/aromatic N) is 1. The van der Waals surface area contributed by atoms with Crippen LogP contribution in [0, 0.1) is 0 Å². The molecule has 7 heteroatoms. The number of carbonyl (C=O) groups is 2. The molecule has 1 aliphatic heterocycles. The molecule has 0 spiro atoms. The van der Waals surface area contributed by atoms with Crippen molar-refractivity contribution in [3.63, 3.8) is 0 Å². The number of hydrogen-bond donors (Lipinski definition) is 1. The molecule has 0 aliphatic carbocycles. The number of carbonyl (C=O) groups excluding carboxylic acids is 1. The van der Waals surface area contributed by atoms with Gasteiger partial charge in [0, 0.05) is 5.56 Å². The Morgan fingerprint density at radius 2 is 2.22 bits per heavy atom. The number of para-hydroxylation sites is 1. The van der Waals surface area contributed by atoms with Crippen molar-refractivity contribution in [3.8, 4) is 5.75 Å². The zero-order chi connectivity index (χ0) is 17.0. The number of aliphatic carboxylic acids is 1. The van der Waals surface area contributed by atoms with Gasteiger partial charge in [-0.3, -0.25) is 9.69 Å². The number of hydrogen-bond acceptors (Lipinski definition) is 5. The largest absolute Gasteiger partial charge is 0.489 e. The van der Waals surface area contributed by atoms with Gasteiger partial charge in [-0.2, -0.15) is 0 Å². The average Bonchev–Trinajstić information content (AvgIpc) is 2.79. The molecule has 1 heterocycles. The van der Waals surface area contributed by atoms with Gasteiger partial charge in [-0.25, -0.2) is 4.79 Å². The van der Waals surface area contributed by atoms with Gasteiger partial charge in [-0.05, 0) is 19.1 Å². The van der Waals surface area contributed by atoms with Crippen LogP contribution >= 0.6 is 24.0 Å². The fourth-order valence-corrected chi connectivity index (χ4v) is 3.35. The fraction of sp³-hybridized carbons (Fsp3) is 0.188. The third kappa shape index (κ3) is 3.80. The van der Waals surface area contributed by atoms with E-state index >= 15 is 0 Å². The summed E-state index contributed by atoms with van der Waals surface area (Å²) in [7, 11) is 0. The van der Waals surface area contributed by atoms with Crippen molar-refractivity contribution in [2.45, 2.75) is 13.0 Å². The predicted molar refractivity (Wildman–Crippen MR) is 94.2 cm³/mol. The monoisotopic (exact) mass is 349 g/mol. The lowest BCUT2D eigenvalue weighted by molar-refractivity contribution is -0.144. The van der Waals surface area contributed by atoms with E-state index in [1.165, 1.54) is 6.92 Å². The number of thiocarbonyl (C=S) groups is 1. The summed E-state index contributed by atoms with van der Waals surface area (Å²) in [6.45, 7) is 5.38. The van der Waals surface area contributed by atoms with Crippen molar-refractivity contribution in [1.29, 1.82) is 0 Å². The van der Waals surface area contributed by atoms with E-state index in [1.807, 2.05) is 18.2 Å². The van der Waals surface area contributed by atoms with Crippen LogP contribution < -0.4 is 4.74 Å². The van der Waals surface area contributed by atoms with Crippen molar-refractivity contribution >= 4 is 46.3 Å². The first kappa shape index (κ1) is 17.2. The number of carboxylic acids is 1. The van der Waals surface area contributed by atoms with Crippen LogP contribution in [0.1, 0.15) is 12.5 Å². The van der Waals surface area contributed by atoms with Gasteiger partial charge in [0.25, 0.3) is 5.91 Å². The molecular formula is C16H15NO4S2. The van der Waals surface area contributed by atoms with Gasteiger partial charge >= 0.3 is 5.97 Å². The van der Waals surface area contributed by atoms with E-state index in [0.29, 0.717) is 17.3 Å². The van der Waals surface area contributed by atoms with Crippen molar-refractivity contribution in [1.82, 2.24) is 4.90 Å². The predicted octanol–water partition coefficient (Wildman–Crippen LogP) is 2.93. The highest BCUT2D eigenvalue weighted by Gasteiger charge is 2.38. The quantitative estimate of drug-likeness (QED) is 0.484. The lowest BCUT2D eigenvalue weighted by atomic mass is 10.2.